The van der Waals surface area contributed by atoms with Gasteiger partial charge >= 0.3 is 0 Å². The molecule has 0 aromatic carbocycles. The monoisotopic (exact) mass is 312 g/mol. The number of halogens is 2. The third-order valence-corrected chi connectivity index (χ3v) is 2.73. The Morgan fingerprint density at radius 2 is 2.21 bits per heavy atom. The second-order valence-electron chi connectivity index (χ2n) is 2.75. The molecule has 0 spiro atoms. The number of aromatic nitrogens is 1. The topological polar surface area (TPSA) is 79.4 Å². The number of hydrogen-bond donors (Lipinski definition) is 3. The summed E-state index contributed by atoms with van der Waals surface area (Å²) in [5.74, 6) is -0.781. The lowest BCUT2D eigenvalue weighted by atomic mass is 10.1. The first kappa shape index (κ1) is 11.8. The zero-order chi connectivity index (χ0) is 10.7. The van der Waals surface area contributed by atoms with E-state index in [0.717, 1.165) is 0 Å². The highest BCUT2D eigenvalue weighted by Crippen LogP contribution is 2.23. The fourth-order valence-corrected chi connectivity index (χ4v) is 1.71. The molecule has 2 atom stereocenters. The number of hydrogen-bond acceptors (Lipinski definition) is 4. The van der Waals surface area contributed by atoms with Crippen molar-refractivity contribution in [2.75, 3.05) is 6.54 Å². The van der Waals surface area contributed by atoms with Gasteiger partial charge in [0.1, 0.15) is 6.10 Å². The van der Waals surface area contributed by atoms with Crippen molar-refractivity contribution in [1.82, 2.24) is 4.98 Å². The van der Waals surface area contributed by atoms with Crippen LogP contribution in [0.25, 0.3) is 0 Å². The predicted octanol–water partition coefficient (Wildman–Crippen LogP) is 0.178. The van der Waals surface area contributed by atoms with Crippen LogP contribution >= 0.6 is 22.6 Å². The molecule has 1 rings (SSSR count). The largest absolute Gasteiger partial charge is 0.389 e. The summed E-state index contributed by atoms with van der Waals surface area (Å²) in [7, 11) is 0. The van der Waals surface area contributed by atoms with E-state index in [-0.39, 0.29) is 12.1 Å². The molecule has 6 heteroatoms. The molecule has 0 aliphatic heterocycles. The first-order chi connectivity index (χ1) is 6.57. The number of nitrogens with two attached hydrogens (primary N) is 1. The molecule has 0 fully saturated rings. The van der Waals surface area contributed by atoms with Gasteiger partial charge in [0, 0.05) is 16.3 Å². The van der Waals surface area contributed by atoms with Crippen LogP contribution in [0, 0.1) is 9.52 Å². The van der Waals surface area contributed by atoms with Crippen LogP contribution in [0.3, 0.4) is 0 Å². The average molecular weight is 312 g/mol. The predicted molar refractivity (Wildman–Crippen MR) is 56.9 cm³/mol. The molecule has 1 aromatic rings. The van der Waals surface area contributed by atoms with E-state index in [1.54, 1.807) is 6.07 Å². The quantitative estimate of drug-likeness (QED) is 0.549. The Hall–Kier alpha value is -0.310. The van der Waals surface area contributed by atoms with Crippen LogP contribution in [0.15, 0.2) is 12.3 Å². The number of aliphatic hydroxyl groups is 2. The molecule has 0 aliphatic carbocycles. The van der Waals surface area contributed by atoms with E-state index in [9.17, 15) is 14.6 Å². The fourth-order valence-electron chi connectivity index (χ4n) is 1.01. The Morgan fingerprint density at radius 3 is 2.71 bits per heavy atom. The SMILES string of the molecule is NCC(O)C(O)c1c(I)ccnc1F. The van der Waals surface area contributed by atoms with Gasteiger partial charge in [-0.05, 0) is 28.7 Å². The lowest BCUT2D eigenvalue weighted by Gasteiger charge is -2.17. The molecule has 0 saturated carbocycles. The summed E-state index contributed by atoms with van der Waals surface area (Å²) in [4.78, 5) is 3.39. The van der Waals surface area contributed by atoms with E-state index in [4.69, 9.17) is 5.73 Å². The third kappa shape index (κ3) is 2.38. The second-order valence-corrected chi connectivity index (χ2v) is 3.91. The van der Waals surface area contributed by atoms with Gasteiger partial charge in [-0.15, -0.1) is 0 Å². The van der Waals surface area contributed by atoms with Crippen molar-refractivity contribution < 1.29 is 14.6 Å². The summed E-state index contributed by atoms with van der Waals surface area (Å²) in [6.07, 6.45) is -1.22. The Labute approximate surface area is 94.1 Å². The van der Waals surface area contributed by atoms with Gasteiger partial charge in [-0.2, -0.15) is 4.39 Å². The summed E-state index contributed by atoms with van der Waals surface area (Å²) in [6, 6.07) is 1.55. The minimum absolute atomic E-state index is 0.00829. The van der Waals surface area contributed by atoms with Crippen LogP contribution in [-0.2, 0) is 0 Å². The van der Waals surface area contributed by atoms with E-state index < -0.39 is 18.2 Å². The molecule has 0 bridgehead atoms. The minimum atomic E-state index is -1.33. The molecule has 1 heterocycles. The van der Waals surface area contributed by atoms with Gasteiger partial charge in [-0.1, -0.05) is 0 Å². The van der Waals surface area contributed by atoms with Gasteiger partial charge in [-0.3, -0.25) is 0 Å². The maximum Gasteiger partial charge on any atom is 0.219 e. The number of nitrogens with zero attached hydrogens (tertiary/aromatic N) is 1. The Kier molecular flexibility index (Phi) is 4.17. The molecule has 0 amide bonds. The zero-order valence-corrected chi connectivity index (χ0v) is 9.35. The lowest BCUT2D eigenvalue weighted by molar-refractivity contribution is 0.0212. The summed E-state index contributed by atoms with van der Waals surface area (Å²) in [5, 5.41) is 18.8. The number of aliphatic hydroxyl groups excluding tert-OH is 2. The Balaban J connectivity index is 3.05. The van der Waals surface area contributed by atoms with Crippen molar-refractivity contribution in [3.05, 3.63) is 27.3 Å². The molecular formula is C8H10FIN2O2. The minimum Gasteiger partial charge on any atom is -0.389 e. The molecule has 1 aromatic heterocycles. The standard InChI is InChI=1S/C8H10FIN2O2/c9-8-6(4(10)1-2-12-8)7(14)5(13)3-11/h1-2,5,7,13-14H,3,11H2. The zero-order valence-electron chi connectivity index (χ0n) is 7.19. The first-order valence-electron chi connectivity index (χ1n) is 3.94. The van der Waals surface area contributed by atoms with Crippen LogP contribution in [0.2, 0.25) is 0 Å². The fraction of sp³-hybridized carbons (Fsp3) is 0.375. The summed E-state index contributed by atoms with van der Waals surface area (Å²) >= 11 is 1.86. The van der Waals surface area contributed by atoms with Crippen molar-refractivity contribution in [3.63, 3.8) is 0 Å². The molecule has 0 aliphatic rings. The maximum atomic E-state index is 13.2. The van der Waals surface area contributed by atoms with Crippen LogP contribution < -0.4 is 5.73 Å². The summed E-state index contributed by atoms with van der Waals surface area (Å²) < 4.78 is 13.7. The van der Waals surface area contributed by atoms with Crippen LogP contribution in [-0.4, -0.2) is 27.8 Å². The van der Waals surface area contributed by atoms with Crippen LogP contribution in [0.4, 0.5) is 4.39 Å². The van der Waals surface area contributed by atoms with Gasteiger partial charge in [-0.25, -0.2) is 4.98 Å². The molecular weight excluding hydrogens is 302 g/mol. The van der Waals surface area contributed by atoms with Crippen molar-refractivity contribution in [1.29, 1.82) is 0 Å². The molecule has 14 heavy (non-hydrogen) atoms. The van der Waals surface area contributed by atoms with Gasteiger partial charge < -0.3 is 15.9 Å². The highest BCUT2D eigenvalue weighted by atomic mass is 127. The van der Waals surface area contributed by atoms with Crippen molar-refractivity contribution in [2.24, 2.45) is 5.73 Å². The normalized spacial score (nSPS) is 15.2. The summed E-state index contributed by atoms with van der Waals surface area (Å²) in [6.45, 7) is -0.133. The van der Waals surface area contributed by atoms with E-state index in [0.29, 0.717) is 3.57 Å². The molecule has 0 radical (unpaired) electrons. The highest BCUT2D eigenvalue weighted by molar-refractivity contribution is 14.1. The molecule has 78 valence electrons. The molecule has 2 unspecified atom stereocenters. The van der Waals surface area contributed by atoms with Gasteiger partial charge in [0.2, 0.25) is 5.95 Å². The van der Waals surface area contributed by atoms with Crippen molar-refractivity contribution in [2.45, 2.75) is 12.2 Å². The second kappa shape index (κ2) is 4.96. The summed E-state index contributed by atoms with van der Waals surface area (Å²) in [5.41, 5.74) is 5.15. The van der Waals surface area contributed by atoms with E-state index >= 15 is 0 Å². The van der Waals surface area contributed by atoms with Crippen molar-refractivity contribution in [3.8, 4) is 0 Å². The van der Waals surface area contributed by atoms with Gasteiger partial charge in [0.15, 0.2) is 0 Å². The van der Waals surface area contributed by atoms with Crippen LogP contribution in [0.5, 0.6) is 0 Å². The Morgan fingerprint density at radius 1 is 1.57 bits per heavy atom. The number of pyridine rings is 1. The van der Waals surface area contributed by atoms with Gasteiger partial charge in [0.25, 0.3) is 0 Å². The smallest absolute Gasteiger partial charge is 0.219 e. The first-order valence-corrected chi connectivity index (χ1v) is 5.02. The highest BCUT2D eigenvalue weighted by Gasteiger charge is 2.23. The number of rotatable bonds is 3. The van der Waals surface area contributed by atoms with Crippen molar-refractivity contribution >= 4 is 22.6 Å². The van der Waals surface area contributed by atoms with Gasteiger partial charge in [0.05, 0.1) is 11.7 Å². The molecule has 4 N–H and O–H groups in total. The van der Waals surface area contributed by atoms with E-state index in [2.05, 4.69) is 4.98 Å². The molecule has 4 nitrogen and oxygen atoms in total. The van der Waals surface area contributed by atoms with E-state index in [1.807, 2.05) is 22.6 Å². The third-order valence-electron chi connectivity index (χ3n) is 1.79. The lowest BCUT2D eigenvalue weighted by Crippen LogP contribution is -2.28. The maximum absolute atomic E-state index is 13.2. The Bertz CT molecular complexity index is 304. The van der Waals surface area contributed by atoms with Crippen LogP contribution in [0.1, 0.15) is 11.7 Å². The average Bonchev–Trinajstić information content (AvgIpc) is 2.16. The van der Waals surface area contributed by atoms with E-state index in [1.165, 1.54) is 6.20 Å². The molecule has 0 saturated heterocycles.